The number of H-pyrrole nitrogens is 1. The first-order valence-electron chi connectivity index (χ1n) is 10.4. The number of amides is 1. The summed E-state index contributed by atoms with van der Waals surface area (Å²) in [6.45, 7) is -0.174. The number of rotatable bonds is 8. The van der Waals surface area contributed by atoms with Crippen molar-refractivity contribution in [3.05, 3.63) is 111 Å². The number of ether oxygens (including phenoxy) is 1. The maximum Gasteiger partial charge on any atom is 0.329 e. The van der Waals surface area contributed by atoms with E-state index in [0.717, 1.165) is 16.5 Å². The van der Waals surface area contributed by atoms with E-state index >= 15 is 0 Å². The van der Waals surface area contributed by atoms with E-state index in [2.05, 4.69) is 10.3 Å². The van der Waals surface area contributed by atoms with Gasteiger partial charge in [-0.3, -0.25) is 14.9 Å². The molecule has 8 nitrogen and oxygen atoms in total. The molecule has 4 rings (SSSR count). The molecule has 34 heavy (non-hydrogen) atoms. The van der Waals surface area contributed by atoms with Gasteiger partial charge >= 0.3 is 5.97 Å². The van der Waals surface area contributed by atoms with Crippen LogP contribution in [0.3, 0.4) is 0 Å². The number of nitro groups is 1. The maximum atomic E-state index is 13.0. The van der Waals surface area contributed by atoms with Crippen LogP contribution in [0.15, 0.2) is 79.0 Å². The number of non-ortho nitro benzene ring substituents is 1. The fourth-order valence-corrected chi connectivity index (χ4v) is 3.83. The van der Waals surface area contributed by atoms with Gasteiger partial charge in [-0.25, -0.2) is 4.79 Å². The first-order chi connectivity index (χ1) is 16.4. The molecule has 1 amide bonds. The molecular formula is C25H20ClN3O5. The van der Waals surface area contributed by atoms with Gasteiger partial charge in [0.05, 0.1) is 15.5 Å². The Morgan fingerprint density at radius 2 is 1.82 bits per heavy atom. The molecule has 0 aliphatic rings. The molecule has 0 saturated carbocycles. The third-order valence-electron chi connectivity index (χ3n) is 5.31. The third kappa shape index (κ3) is 5.24. The average Bonchev–Trinajstić information content (AvgIpc) is 3.25. The molecule has 1 atom stereocenters. The second-order valence-corrected chi connectivity index (χ2v) is 8.01. The number of nitrogens with one attached hydrogen (secondary N) is 2. The van der Waals surface area contributed by atoms with E-state index in [0.29, 0.717) is 5.56 Å². The normalized spacial score (nSPS) is 11.7. The predicted octanol–water partition coefficient (Wildman–Crippen LogP) is 4.81. The number of carbonyl (C=O) groups excluding carboxylic acids is 2. The molecule has 0 saturated heterocycles. The summed E-state index contributed by atoms with van der Waals surface area (Å²) in [7, 11) is 0. The number of hydrogen-bond acceptors (Lipinski definition) is 5. The molecule has 0 aliphatic carbocycles. The van der Waals surface area contributed by atoms with Crippen LogP contribution in [0.2, 0.25) is 5.02 Å². The zero-order valence-corrected chi connectivity index (χ0v) is 18.6. The lowest BCUT2D eigenvalue weighted by atomic mass is 10.0. The monoisotopic (exact) mass is 477 g/mol. The van der Waals surface area contributed by atoms with E-state index in [1.165, 1.54) is 18.2 Å². The molecule has 0 aliphatic heterocycles. The second-order valence-electron chi connectivity index (χ2n) is 7.60. The highest BCUT2D eigenvalue weighted by Gasteiger charge is 2.25. The summed E-state index contributed by atoms with van der Waals surface area (Å²) in [5.41, 5.74) is 2.33. The van der Waals surface area contributed by atoms with Gasteiger partial charge in [0.25, 0.3) is 11.6 Å². The summed E-state index contributed by atoms with van der Waals surface area (Å²) in [6, 6.07) is 19.0. The molecule has 9 heteroatoms. The van der Waals surface area contributed by atoms with Gasteiger partial charge in [0.2, 0.25) is 0 Å². The number of nitro benzene ring substituents is 1. The van der Waals surface area contributed by atoms with Crippen molar-refractivity contribution in [1.29, 1.82) is 0 Å². The van der Waals surface area contributed by atoms with Gasteiger partial charge in [-0.1, -0.05) is 54.1 Å². The Hall–Kier alpha value is -4.17. The van der Waals surface area contributed by atoms with Crippen molar-refractivity contribution in [1.82, 2.24) is 10.3 Å². The molecule has 0 radical (unpaired) electrons. The summed E-state index contributed by atoms with van der Waals surface area (Å²) < 4.78 is 5.43. The molecule has 0 bridgehead atoms. The molecule has 0 spiro atoms. The molecule has 0 fully saturated rings. The number of hydrogen-bond donors (Lipinski definition) is 2. The Morgan fingerprint density at radius 1 is 1.06 bits per heavy atom. The second kappa shape index (κ2) is 10.2. The Bertz CT molecular complexity index is 1370. The minimum atomic E-state index is -1.01. The van der Waals surface area contributed by atoms with Gasteiger partial charge in [-0.05, 0) is 29.3 Å². The van der Waals surface area contributed by atoms with Crippen LogP contribution in [0.4, 0.5) is 5.69 Å². The minimum absolute atomic E-state index is 0.101. The van der Waals surface area contributed by atoms with E-state index in [4.69, 9.17) is 16.3 Å². The van der Waals surface area contributed by atoms with Crippen LogP contribution in [-0.4, -0.2) is 27.8 Å². The number of carbonyl (C=O) groups is 2. The van der Waals surface area contributed by atoms with E-state index in [1.807, 2.05) is 24.3 Å². The summed E-state index contributed by atoms with van der Waals surface area (Å²) >= 11 is 6.15. The fourth-order valence-electron chi connectivity index (χ4n) is 3.61. The number of aromatic nitrogens is 1. The molecule has 4 aromatic rings. The number of aromatic amines is 1. The highest BCUT2D eigenvalue weighted by molar-refractivity contribution is 6.33. The standard InChI is InChI=1S/C25H20ClN3O5/c26-21-10-3-1-9-20(21)24(30)28-23(13-17-14-27-22-11-4-2-8-19(17)22)25(31)34-15-16-6-5-7-18(12-16)29(32)33/h1-12,14,23,27H,13,15H2,(H,28,30)/t23-/m0/s1. The van der Waals surface area contributed by atoms with E-state index < -0.39 is 22.8 Å². The lowest BCUT2D eigenvalue weighted by Crippen LogP contribution is -2.43. The van der Waals surface area contributed by atoms with Crippen molar-refractivity contribution in [2.75, 3.05) is 0 Å². The predicted molar refractivity (Wildman–Crippen MR) is 128 cm³/mol. The lowest BCUT2D eigenvalue weighted by Gasteiger charge is -2.18. The quantitative estimate of drug-likeness (QED) is 0.214. The highest BCUT2D eigenvalue weighted by atomic mass is 35.5. The Morgan fingerprint density at radius 3 is 2.62 bits per heavy atom. The average molecular weight is 478 g/mol. The summed E-state index contributed by atoms with van der Waals surface area (Å²) in [5, 5.41) is 14.9. The van der Waals surface area contributed by atoms with Crippen molar-refractivity contribution in [2.45, 2.75) is 19.1 Å². The molecule has 1 aromatic heterocycles. The van der Waals surface area contributed by atoms with Gasteiger partial charge in [-0.2, -0.15) is 0 Å². The van der Waals surface area contributed by atoms with Crippen molar-refractivity contribution in [3.8, 4) is 0 Å². The molecule has 3 aromatic carbocycles. The van der Waals surface area contributed by atoms with Crippen LogP contribution in [-0.2, 0) is 22.6 Å². The lowest BCUT2D eigenvalue weighted by molar-refractivity contribution is -0.384. The Labute approximate surface area is 199 Å². The SMILES string of the molecule is O=C(N[C@@H](Cc1c[nH]c2ccccc12)C(=O)OCc1cccc([N+](=O)[O-])c1)c1ccccc1Cl. The van der Waals surface area contributed by atoms with Crippen LogP contribution in [0.5, 0.6) is 0 Å². The van der Waals surface area contributed by atoms with Gasteiger partial charge < -0.3 is 15.0 Å². The van der Waals surface area contributed by atoms with Crippen molar-refractivity contribution in [2.24, 2.45) is 0 Å². The van der Waals surface area contributed by atoms with Crippen LogP contribution < -0.4 is 5.32 Å². The van der Waals surface area contributed by atoms with Crippen LogP contribution in [0.25, 0.3) is 10.9 Å². The third-order valence-corrected chi connectivity index (χ3v) is 5.64. The first kappa shape index (κ1) is 23.0. The van der Waals surface area contributed by atoms with Crippen LogP contribution in [0.1, 0.15) is 21.5 Å². The fraction of sp³-hybridized carbons (Fsp3) is 0.120. The minimum Gasteiger partial charge on any atom is -0.459 e. The number of fused-ring (bicyclic) bond motifs is 1. The highest BCUT2D eigenvalue weighted by Crippen LogP contribution is 2.21. The molecular weight excluding hydrogens is 458 g/mol. The van der Waals surface area contributed by atoms with Crippen LogP contribution in [0, 0.1) is 10.1 Å². The number of nitrogens with zero attached hydrogens (tertiary/aromatic N) is 1. The molecule has 0 unspecified atom stereocenters. The zero-order valence-electron chi connectivity index (χ0n) is 17.9. The number of halogens is 1. The topological polar surface area (TPSA) is 114 Å². The van der Waals surface area contributed by atoms with Gasteiger partial charge in [0.15, 0.2) is 0 Å². The summed E-state index contributed by atoms with van der Waals surface area (Å²) in [6.07, 6.45) is 1.96. The van der Waals surface area contributed by atoms with Crippen molar-refractivity contribution < 1.29 is 19.2 Å². The smallest absolute Gasteiger partial charge is 0.329 e. The zero-order chi connectivity index (χ0) is 24.1. The maximum absolute atomic E-state index is 13.0. The van der Waals surface area contributed by atoms with E-state index in [-0.39, 0.29) is 29.3 Å². The number of benzene rings is 3. The van der Waals surface area contributed by atoms with Gasteiger partial charge in [0.1, 0.15) is 12.6 Å². The van der Waals surface area contributed by atoms with E-state index in [1.54, 1.807) is 36.5 Å². The number of para-hydroxylation sites is 1. The first-order valence-corrected chi connectivity index (χ1v) is 10.8. The summed E-state index contributed by atoms with van der Waals surface area (Å²) in [5.74, 6) is -1.18. The Kier molecular flexibility index (Phi) is 6.89. The van der Waals surface area contributed by atoms with Crippen LogP contribution >= 0.6 is 11.6 Å². The van der Waals surface area contributed by atoms with E-state index in [9.17, 15) is 19.7 Å². The molecule has 1 heterocycles. The number of esters is 1. The van der Waals surface area contributed by atoms with Crippen molar-refractivity contribution in [3.63, 3.8) is 0 Å². The Balaban J connectivity index is 1.55. The van der Waals surface area contributed by atoms with Gasteiger partial charge in [0, 0.05) is 35.7 Å². The molecule has 2 N–H and O–H groups in total. The largest absolute Gasteiger partial charge is 0.459 e. The summed E-state index contributed by atoms with van der Waals surface area (Å²) in [4.78, 5) is 39.6. The van der Waals surface area contributed by atoms with Gasteiger partial charge in [-0.15, -0.1) is 0 Å². The molecule has 172 valence electrons. The van der Waals surface area contributed by atoms with Crippen molar-refractivity contribution >= 4 is 40.1 Å².